The van der Waals surface area contributed by atoms with Crippen molar-refractivity contribution >= 4 is 0 Å². The van der Waals surface area contributed by atoms with Gasteiger partial charge in [0.25, 0.3) is 0 Å². The molecule has 2 N–H and O–H groups in total. The molecule has 1 aliphatic heterocycles. The van der Waals surface area contributed by atoms with E-state index < -0.39 is 0 Å². The molecule has 0 aromatic rings. The average molecular weight is 283 g/mol. The Hall–Kier alpha value is -0.160. The summed E-state index contributed by atoms with van der Waals surface area (Å²) in [6, 6.07) is 1.27. The molecule has 0 aromatic heterocycles. The normalized spacial score (nSPS) is 26.2. The van der Waals surface area contributed by atoms with E-state index in [0.29, 0.717) is 6.04 Å². The van der Waals surface area contributed by atoms with Crippen LogP contribution in [-0.4, -0.2) is 71.9 Å². The zero-order valence-corrected chi connectivity index (χ0v) is 13.6. The largest absolute Gasteiger partial charge is 0.394 e. The predicted octanol–water partition coefficient (Wildman–Crippen LogP) is 1.30. The molecule has 1 heterocycles. The minimum atomic E-state index is -0.177. The minimum absolute atomic E-state index is 0.177. The maximum absolute atomic E-state index is 9.69. The van der Waals surface area contributed by atoms with Crippen molar-refractivity contribution in [3.63, 3.8) is 0 Å². The van der Waals surface area contributed by atoms with Gasteiger partial charge in [0.2, 0.25) is 0 Å². The van der Waals surface area contributed by atoms with Gasteiger partial charge in [-0.05, 0) is 19.8 Å². The third-order valence-corrected chi connectivity index (χ3v) is 4.81. The molecule has 2 rings (SSSR count). The van der Waals surface area contributed by atoms with Crippen molar-refractivity contribution in [2.24, 2.45) is 0 Å². The lowest BCUT2D eigenvalue weighted by Crippen LogP contribution is -2.59. The SMILES string of the molecule is CC(C)NC(C)(CO)CN1CCN(C2CCCC2)CC1. The van der Waals surface area contributed by atoms with Gasteiger partial charge < -0.3 is 10.4 Å². The minimum Gasteiger partial charge on any atom is -0.394 e. The highest BCUT2D eigenvalue weighted by Gasteiger charge is 2.31. The number of nitrogens with zero attached hydrogens (tertiary/aromatic N) is 2. The molecule has 2 aliphatic rings. The molecular formula is C16H33N3O. The van der Waals surface area contributed by atoms with Crippen LogP contribution in [0.15, 0.2) is 0 Å². The Kier molecular flexibility index (Phi) is 5.84. The summed E-state index contributed by atoms with van der Waals surface area (Å²) < 4.78 is 0. The van der Waals surface area contributed by atoms with E-state index in [9.17, 15) is 5.11 Å². The lowest BCUT2D eigenvalue weighted by molar-refractivity contribution is 0.0592. The lowest BCUT2D eigenvalue weighted by atomic mass is 10.0. The average Bonchev–Trinajstić information content (AvgIpc) is 2.92. The molecule has 0 aromatic carbocycles. The molecule has 0 radical (unpaired) electrons. The molecule has 2 fully saturated rings. The zero-order chi connectivity index (χ0) is 14.6. The van der Waals surface area contributed by atoms with E-state index in [1.807, 2.05) is 0 Å². The van der Waals surface area contributed by atoms with Crippen LogP contribution in [0.1, 0.15) is 46.5 Å². The predicted molar refractivity (Wildman–Crippen MR) is 84.0 cm³/mol. The van der Waals surface area contributed by atoms with E-state index in [4.69, 9.17) is 0 Å². The maximum Gasteiger partial charge on any atom is 0.0623 e. The zero-order valence-electron chi connectivity index (χ0n) is 13.6. The first-order valence-corrected chi connectivity index (χ1v) is 8.37. The van der Waals surface area contributed by atoms with Crippen molar-refractivity contribution in [3.8, 4) is 0 Å². The van der Waals surface area contributed by atoms with Gasteiger partial charge in [0, 0.05) is 44.8 Å². The van der Waals surface area contributed by atoms with E-state index >= 15 is 0 Å². The van der Waals surface area contributed by atoms with Gasteiger partial charge in [0.15, 0.2) is 0 Å². The Labute approximate surface area is 124 Å². The third-order valence-electron chi connectivity index (χ3n) is 4.81. The number of aliphatic hydroxyl groups is 1. The molecule has 20 heavy (non-hydrogen) atoms. The van der Waals surface area contributed by atoms with E-state index in [1.54, 1.807) is 0 Å². The number of nitrogens with one attached hydrogen (secondary N) is 1. The second kappa shape index (κ2) is 7.21. The molecule has 1 aliphatic carbocycles. The van der Waals surface area contributed by atoms with Crippen molar-refractivity contribution in [3.05, 3.63) is 0 Å². The van der Waals surface area contributed by atoms with Crippen LogP contribution in [0.3, 0.4) is 0 Å². The van der Waals surface area contributed by atoms with Crippen LogP contribution in [0.25, 0.3) is 0 Å². The van der Waals surface area contributed by atoms with E-state index in [1.165, 1.54) is 38.8 Å². The van der Waals surface area contributed by atoms with Crippen LogP contribution >= 0.6 is 0 Å². The van der Waals surface area contributed by atoms with Crippen molar-refractivity contribution in [1.82, 2.24) is 15.1 Å². The van der Waals surface area contributed by atoms with E-state index in [0.717, 1.165) is 25.7 Å². The maximum atomic E-state index is 9.69. The van der Waals surface area contributed by atoms with Crippen molar-refractivity contribution in [2.45, 2.75) is 64.1 Å². The molecule has 118 valence electrons. The lowest BCUT2D eigenvalue weighted by Gasteiger charge is -2.42. The van der Waals surface area contributed by atoms with Crippen molar-refractivity contribution in [1.29, 1.82) is 0 Å². The summed E-state index contributed by atoms with van der Waals surface area (Å²) in [4.78, 5) is 5.20. The fourth-order valence-electron chi connectivity index (χ4n) is 3.89. The molecule has 1 atom stereocenters. The van der Waals surface area contributed by atoms with Crippen LogP contribution in [0.4, 0.5) is 0 Å². The molecule has 0 spiro atoms. The van der Waals surface area contributed by atoms with Crippen LogP contribution in [-0.2, 0) is 0 Å². The molecule has 1 saturated heterocycles. The first-order valence-electron chi connectivity index (χ1n) is 8.37. The Morgan fingerprint density at radius 3 is 2.25 bits per heavy atom. The molecular weight excluding hydrogens is 250 g/mol. The van der Waals surface area contributed by atoms with Gasteiger partial charge in [-0.15, -0.1) is 0 Å². The van der Waals surface area contributed by atoms with Crippen molar-refractivity contribution < 1.29 is 5.11 Å². The Balaban J connectivity index is 1.77. The summed E-state index contributed by atoms with van der Waals surface area (Å²) >= 11 is 0. The Morgan fingerprint density at radius 1 is 1.15 bits per heavy atom. The Morgan fingerprint density at radius 2 is 1.75 bits per heavy atom. The number of hydrogen-bond acceptors (Lipinski definition) is 4. The monoisotopic (exact) mass is 283 g/mol. The Bertz CT molecular complexity index is 283. The van der Waals surface area contributed by atoms with Gasteiger partial charge in [-0.1, -0.05) is 26.7 Å². The van der Waals surface area contributed by atoms with Gasteiger partial charge in [0.1, 0.15) is 0 Å². The number of piperazine rings is 1. The van der Waals surface area contributed by atoms with Gasteiger partial charge in [-0.2, -0.15) is 0 Å². The fourth-order valence-corrected chi connectivity index (χ4v) is 3.89. The molecule has 4 heteroatoms. The number of aliphatic hydroxyl groups excluding tert-OH is 1. The highest BCUT2D eigenvalue weighted by Crippen LogP contribution is 2.24. The summed E-state index contributed by atoms with van der Waals surface area (Å²) in [7, 11) is 0. The summed E-state index contributed by atoms with van der Waals surface area (Å²) in [6.07, 6.45) is 5.66. The fraction of sp³-hybridized carbons (Fsp3) is 1.00. The second-order valence-electron chi connectivity index (χ2n) is 7.27. The summed E-state index contributed by atoms with van der Waals surface area (Å²) in [5.74, 6) is 0. The molecule has 1 saturated carbocycles. The number of rotatable bonds is 6. The van der Waals surface area contributed by atoms with Crippen LogP contribution in [0.2, 0.25) is 0 Å². The highest BCUT2D eigenvalue weighted by molar-refractivity contribution is 4.90. The summed E-state index contributed by atoms with van der Waals surface area (Å²) in [5.41, 5.74) is -0.177. The highest BCUT2D eigenvalue weighted by atomic mass is 16.3. The summed E-state index contributed by atoms with van der Waals surface area (Å²) in [5, 5.41) is 13.2. The number of hydrogen-bond donors (Lipinski definition) is 2. The van der Waals surface area contributed by atoms with Gasteiger partial charge in [-0.25, -0.2) is 0 Å². The first-order chi connectivity index (χ1) is 9.52. The topological polar surface area (TPSA) is 38.7 Å². The molecule has 1 unspecified atom stereocenters. The molecule has 4 nitrogen and oxygen atoms in total. The van der Waals surface area contributed by atoms with Crippen molar-refractivity contribution in [2.75, 3.05) is 39.3 Å². The van der Waals surface area contributed by atoms with Crippen LogP contribution in [0.5, 0.6) is 0 Å². The van der Waals surface area contributed by atoms with Gasteiger partial charge in [0.05, 0.1) is 12.1 Å². The smallest absolute Gasteiger partial charge is 0.0623 e. The van der Waals surface area contributed by atoms with Gasteiger partial charge in [-0.3, -0.25) is 9.80 Å². The third kappa shape index (κ3) is 4.42. The second-order valence-corrected chi connectivity index (χ2v) is 7.27. The van der Waals surface area contributed by atoms with Gasteiger partial charge >= 0.3 is 0 Å². The van der Waals surface area contributed by atoms with Crippen LogP contribution < -0.4 is 5.32 Å². The quantitative estimate of drug-likeness (QED) is 0.771. The summed E-state index contributed by atoms with van der Waals surface area (Å²) in [6.45, 7) is 12.3. The first kappa shape index (κ1) is 16.2. The van der Waals surface area contributed by atoms with E-state index in [-0.39, 0.29) is 12.1 Å². The molecule has 0 bridgehead atoms. The standard InChI is InChI=1S/C16H33N3O/c1-14(2)17-16(3,13-20)12-18-8-10-19(11-9-18)15-6-4-5-7-15/h14-15,17,20H,4-13H2,1-3H3. The van der Waals surface area contributed by atoms with Crippen LogP contribution in [0, 0.1) is 0 Å². The molecule has 0 amide bonds. The van der Waals surface area contributed by atoms with E-state index in [2.05, 4.69) is 35.9 Å².